The Morgan fingerprint density at radius 2 is 1.68 bits per heavy atom. The number of benzene rings is 3. The van der Waals surface area contributed by atoms with E-state index in [-0.39, 0.29) is 10.9 Å². The van der Waals surface area contributed by atoms with E-state index in [4.69, 9.17) is 9.16 Å². The molecule has 214 valence electrons. The molecule has 3 aromatic carbocycles. The summed E-state index contributed by atoms with van der Waals surface area (Å²) in [5.41, 5.74) is 4.84. The van der Waals surface area contributed by atoms with Gasteiger partial charge in [-0.1, -0.05) is 57.2 Å². The van der Waals surface area contributed by atoms with E-state index in [1.165, 1.54) is 0 Å². The van der Waals surface area contributed by atoms with Gasteiger partial charge in [-0.05, 0) is 76.2 Å². The van der Waals surface area contributed by atoms with Crippen molar-refractivity contribution in [2.75, 3.05) is 17.7 Å². The van der Waals surface area contributed by atoms with Crippen LogP contribution in [0.25, 0.3) is 11.1 Å². The molecular weight excluding hydrogens is 588 g/mol. The van der Waals surface area contributed by atoms with Gasteiger partial charge >= 0.3 is 6.09 Å². The van der Waals surface area contributed by atoms with Crippen molar-refractivity contribution >= 4 is 47.6 Å². The Kier molecular flexibility index (Phi) is 10.6. The third-order valence-corrected chi connectivity index (χ3v) is 12.5. The first-order chi connectivity index (χ1) is 18.8. The van der Waals surface area contributed by atoms with Gasteiger partial charge in [0.1, 0.15) is 5.75 Å². The molecule has 2 amide bonds. The van der Waals surface area contributed by atoms with E-state index in [1.54, 1.807) is 13.2 Å². The molecule has 7 nitrogen and oxygen atoms in total. The molecule has 9 heteroatoms. The van der Waals surface area contributed by atoms with Crippen LogP contribution in [-0.4, -0.2) is 32.5 Å². The molecule has 3 N–H and O–H groups in total. The molecule has 0 aliphatic rings. The summed E-state index contributed by atoms with van der Waals surface area (Å²) in [5, 5.41) is 14.8. The van der Waals surface area contributed by atoms with Crippen LogP contribution < -0.4 is 15.4 Å². The van der Waals surface area contributed by atoms with Gasteiger partial charge in [0.2, 0.25) is 5.91 Å². The number of ether oxygens (including phenoxy) is 1. The third-order valence-electron chi connectivity index (χ3n) is 7.32. The van der Waals surface area contributed by atoms with Gasteiger partial charge in [0.25, 0.3) is 0 Å². The highest BCUT2D eigenvalue weighted by Gasteiger charge is 2.37. The van der Waals surface area contributed by atoms with Gasteiger partial charge in [-0.2, -0.15) is 0 Å². The number of hydrogen-bond donors (Lipinski definition) is 3. The van der Waals surface area contributed by atoms with Crippen LogP contribution in [0, 0.1) is 0 Å². The lowest BCUT2D eigenvalue weighted by molar-refractivity contribution is -0.116. The molecule has 0 radical (unpaired) electrons. The van der Waals surface area contributed by atoms with E-state index < -0.39 is 14.4 Å². The second-order valence-electron chi connectivity index (χ2n) is 11.3. The van der Waals surface area contributed by atoms with E-state index in [9.17, 15) is 14.7 Å². The summed E-state index contributed by atoms with van der Waals surface area (Å²) in [7, 11) is -0.311. The molecule has 0 fully saturated rings. The smallest absolute Gasteiger partial charge is 0.409 e. The summed E-state index contributed by atoms with van der Waals surface area (Å²) in [6, 6.07) is 19.0. The Morgan fingerprint density at radius 3 is 2.30 bits per heavy atom. The molecule has 0 heterocycles. The molecule has 0 saturated heterocycles. The van der Waals surface area contributed by atoms with Crippen LogP contribution in [0.4, 0.5) is 16.2 Å². The standard InChI is InChI=1S/C31H39BrN2O5Si/c1-31(2,3)40(5,6)39-20-23-18-25(32)27(19-28(23)38-4)33-29(35)14-10-11-21-15-16-26(34-30(36)37)24(17-21)22-12-8-7-9-13-22/h7-9,12-13,15-19,34H,10-11,14,20H2,1-6H3,(H,33,35)(H,36,37). The van der Waals surface area contributed by atoms with E-state index in [0.29, 0.717) is 43.0 Å². The van der Waals surface area contributed by atoms with Crippen molar-refractivity contribution in [1.29, 1.82) is 0 Å². The van der Waals surface area contributed by atoms with Crippen molar-refractivity contribution in [3.05, 3.63) is 76.3 Å². The Labute approximate surface area is 246 Å². The summed E-state index contributed by atoms with van der Waals surface area (Å²) in [6.45, 7) is 11.5. The van der Waals surface area contributed by atoms with E-state index >= 15 is 0 Å². The molecule has 40 heavy (non-hydrogen) atoms. The lowest BCUT2D eigenvalue weighted by Gasteiger charge is -2.36. The number of carboxylic acid groups (broad SMARTS) is 1. The number of amides is 2. The van der Waals surface area contributed by atoms with Crippen LogP contribution in [-0.2, 0) is 22.2 Å². The highest BCUT2D eigenvalue weighted by atomic mass is 79.9. The first kappa shape index (κ1) is 31.4. The van der Waals surface area contributed by atoms with Crippen LogP contribution in [0.15, 0.2) is 65.1 Å². The molecular formula is C31H39BrN2O5Si. The largest absolute Gasteiger partial charge is 0.496 e. The fourth-order valence-electron chi connectivity index (χ4n) is 3.96. The fraction of sp³-hybridized carbons (Fsp3) is 0.355. The van der Waals surface area contributed by atoms with Gasteiger partial charge < -0.3 is 19.6 Å². The number of rotatable bonds is 11. The third kappa shape index (κ3) is 8.43. The van der Waals surface area contributed by atoms with Crippen molar-refractivity contribution in [2.45, 2.75) is 64.8 Å². The Bertz CT molecular complexity index is 1340. The van der Waals surface area contributed by atoms with Gasteiger partial charge in [-0.3, -0.25) is 10.1 Å². The van der Waals surface area contributed by atoms with E-state index in [1.807, 2.05) is 54.6 Å². The number of anilines is 2. The van der Waals surface area contributed by atoms with E-state index in [0.717, 1.165) is 26.7 Å². The van der Waals surface area contributed by atoms with Gasteiger partial charge in [-0.25, -0.2) is 4.79 Å². The summed E-state index contributed by atoms with van der Waals surface area (Å²) < 4.78 is 12.8. The maximum absolute atomic E-state index is 12.8. The van der Waals surface area contributed by atoms with Crippen LogP contribution in [0.3, 0.4) is 0 Å². The summed E-state index contributed by atoms with van der Waals surface area (Å²) >= 11 is 3.60. The minimum Gasteiger partial charge on any atom is -0.496 e. The molecule has 3 rings (SSSR count). The van der Waals surface area contributed by atoms with Crippen LogP contribution in [0.1, 0.15) is 44.7 Å². The molecule has 0 spiro atoms. The van der Waals surface area contributed by atoms with Crippen LogP contribution >= 0.6 is 15.9 Å². The highest BCUT2D eigenvalue weighted by molar-refractivity contribution is 9.10. The van der Waals surface area contributed by atoms with Gasteiger partial charge in [0.15, 0.2) is 8.32 Å². The van der Waals surface area contributed by atoms with Crippen molar-refractivity contribution < 1.29 is 23.9 Å². The average molecular weight is 628 g/mol. The molecule has 0 aliphatic carbocycles. The molecule has 0 aliphatic heterocycles. The highest BCUT2D eigenvalue weighted by Crippen LogP contribution is 2.39. The second-order valence-corrected chi connectivity index (χ2v) is 16.9. The Morgan fingerprint density at radius 1 is 0.975 bits per heavy atom. The Balaban J connectivity index is 1.64. The lowest BCUT2D eigenvalue weighted by Crippen LogP contribution is -2.40. The topological polar surface area (TPSA) is 96.9 Å². The number of hydrogen-bond acceptors (Lipinski definition) is 4. The minimum atomic E-state index is -1.93. The number of nitrogens with one attached hydrogen (secondary N) is 2. The monoisotopic (exact) mass is 626 g/mol. The maximum Gasteiger partial charge on any atom is 0.409 e. The zero-order valence-corrected chi connectivity index (χ0v) is 26.6. The van der Waals surface area contributed by atoms with Crippen molar-refractivity contribution in [3.63, 3.8) is 0 Å². The van der Waals surface area contributed by atoms with Gasteiger partial charge in [0, 0.05) is 28.1 Å². The normalized spacial score (nSPS) is 11.7. The lowest BCUT2D eigenvalue weighted by atomic mass is 9.98. The zero-order valence-electron chi connectivity index (χ0n) is 24.1. The number of carbonyl (C=O) groups excluding carboxylic acids is 1. The summed E-state index contributed by atoms with van der Waals surface area (Å²) in [6.07, 6.45) is 0.537. The predicted octanol–water partition coefficient (Wildman–Crippen LogP) is 8.70. The van der Waals surface area contributed by atoms with Gasteiger partial charge in [-0.15, -0.1) is 0 Å². The Hall–Kier alpha value is -3.14. The number of carbonyl (C=O) groups is 2. The van der Waals surface area contributed by atoms with Gasteiger partial charge in [0.05, 0.1) is 25.1 Å². The van der Waals surface area contributed by atoms with Crippen molar-refractivity contribution in [1.82, 2.24) is 0 Å². The van der Waals surface area contributed by atoms with Crippen molar-refractivity contribution in [3.8, 4) is 16.9 Å². The average Bonchev–Trinajstić information content (AvgIpc) is 2.89. The number of aryl methyl sites for hydroxylation is 1. The maximum atomic E-state index is 12.8. The second kappa shape index (κ2) is 13.5. The quantitative estimate of drug-likeness (QED) is 0.185. The first-order valence-electron chi connectivity index (χ1n) is 13.3. The molecule has 0 saturated carbocycles. The number of halogens is 1. The zero-order chi connectivity index (χ0) is 29.5. The van der Waals surface area contributed by atoms with Crippen LogP contribution in [0.5, 0.6) is 5.75 Å². The number of methoxy groups -OCH3 is 1. The molecule has 3 aromatic rings. The minimum absolute atomic E-state index is 0.0968. The van der Waals surface area contributed by atoms with E-state index in [2.05, 4.69) is 60.4 Å². The SMILES string of the molecule is COc1cc(NC(=O)CCCc2ccc(NC(=O)O)c(-c3ccccc3)c2)c(Br)cc1CO[Si](C)(C)C(C)(C)C. The summed E-state index contributed by atoms with van der Waals surface area (Å²) in [4.78, 5) is 24.1. The molecule has 0 atom stereocenters. The molecule has 0 unspecified atom stereocenters. The first-order valence-corrected chi connectivity index (χ1v) is 17.0. The predicted molar refractivity (Wildman–Crippen MR) is 168 cm³/mol. The molecule has 0 aromatic heterocycles. The fourth-order valence-corrected chi connectivity index (χ4v) is 5.40. The van der Waals surface area contributed by atoms with Crippen LogP contribution in [0.2, 0.25) is 18.1 Å². The molecule has 0 bridgehead atoms. The summed E-state index contributed by atoms with van der Waals surface area (Å²) in [5.74, 6) is 0.571. The van der Waals surface area contributed by atoms with Crippen molar-refractivity contribution in [2.24, 2.45) is 0 Å².